The number of amides is 1. The molecule has 0 aliphatic carbocycles. The number of fused-ring (bicyclic) bond motifs is 1. The molecule has 11 heteroatoms. The molecule has 2 aromatic heterocycles. The highest BCUT2D eigenvalue weighted by Crippen LogP contribution is 2.45. The third-order valence-electron chi connectivity index (χ3n) is 5.56. The molecule has 0 bridgehead atoms. The lowest BCUT2D eigenvalue weighted by Crippen LogP contribution is -2.32. The number of thiazole rings is 1. The third kappa shape index (κ3) is 3.65. The second-order valence-electron chi connectivity index (χ2n) is 7.82. The minimum absolute atomic E-state index is 0.0254. The van der Waals surface area contributed by atoms with Crippen LogP contribution in [0.4, 0.5) is 5.13 Å². The number of anilines is 1. The molecule has 170 valence electrons. The van der Waals surface area contributed by atoms with E-state index >= 15 is 0 Å². The zero-order chi connectivity index (χ0) is 23.5. The van der Waals surface area contributed by atoms with Crippen molar-refractivity contribution in [2.45, 2.75) is 30.4 Å². The van der Waals surface area contributed by atoms with Crippen LogP contribution in [-0.4, -0.2) is 42.6 Å². The Balaban J connectivity index is 1.60. The number of allylic oxidation sites excluding steroid dienone is 1. The van der Waals surface area contributed by atoms with Gasteiger partial charge in [0.2, 0.25) is 5.78 Å². The fourth-order valence-electron chi connectivity index (χ4n) is 3.95. The number of carbonyl (C=O) groups excluding carboxylic acids is 2. The first-order chi connectivity index (χ1) is 15.6. The molecule has 5 rings (SSSR count). The van der Waals surface area contributed by atoms with E-state index in [1.54, 1.807) is 25.1 Å². The minimum Gasteiger partial charge on any atom is -0.503 e. The highest BCUT2D eigenvalue weighted by atomic mass is 32.2. The second-order valence-corrected chi connectivity index (χ2v) is 11.6. The standard InChI is InChI=1S/C22H18N2O6S3/c1-11-3-6-15(30-11)19(25)17-18(12-7-8-31-10-12)24(21(27)20(17)26)22-23-14-5-4-13(33(2,28)29)9-16(14)32-22/h3-5,7-10,15,18,26H,6H2,1-2H3. The molecule has 3 aromatic rings. The van der Waals surface area contributed by atoms with Gasteiger partial charge in [-0.25, -0.2) is 13.4 Å². The van der Waals surface area contributed by atoms with Crippen molar-refractivity contribution in [2.24, 2.45) is 0 Å². The molecule has 1 aromatic carbocycles. The molecule has 1 amide bonds. The van der Waals surface area contributed by atoms with Crippen molar-refractivity contribution < 1.29 is 27.9 Å². The highest BCUT2D eigenvalue weighted by molar-refractivity contribution is 7.90. The summed E-state index contributed by atoms with van der Waals surface area (Å²) in [4.78, 5) is 32.5. The number of hydrogen-bond donors (Lipinski definition) is 1. The average molecular weight is 503 g/mol. The smallest absolute Gasteiger partial charge is 0.296 e. The van der Waals surface area contributed by atoms with E-state index in [0.29, 0.717) is 28.0 Å². The molecule has 1 N–H and O–H groups in total. The maximum Gasteiger partial charge on any atom is 0.296 e. The van der Waals surface area contributed by atoms with Crippen molar-refractivity contribution in [1.29, 1.82) is 0 Å². The second kappa shape index (κ2) is 7.79. The van der Waals surface area contributed by atoms with Crippen LogP contribution in [0.5, 0.6) is 0 Å². The van der Waals surface area contributed by atoms with Gasteiger partial charge >= 0.3 is 0 Å². The van der Waals surface area contributed by atoms with Crippen LogP contribution in [0.15, 0.2) is 63.1 Å². The molecule has 2 atom stereocenters. The predicted octanol–water partition coefficient (Wildman–Crippen LogP) is 3.92. The number of ketones is 1. The topological polar surface area (TPSA) is 114 Å². The molecule has 33 heavy (non-hydrogen) atoms. The fraction of sp³-hybridized carbons (Fsp3) is 0.227. The van der Waals surface area contributed by atoms with Crippen molar-refractivity contribution in [3.63, 3.8) is 0 Å². The Bertz CT molecular complexity index is 1470. The number of aliphatic hydroxyl groups is 1. The SMILES string of the molecule is CC1=CCC(C(=O)C2=C(O)C(=O)N(c3nc4ccc(S(C)(=O)=O)cc4s3)C2c2ccsc2)O1. The van der Waals surface area contributed by atoms with E-state index in [4.69, 9.17) is 4.74 Å². The van der Waals surface area contributed by atoms with Crippen molar-refractivity contribution in [3.05, 3.63) is 63.8 Å². The van der Waals surface area contributed by atoms with E-state index in [1.807, 2.05) is 10.8 Å². The Morgan fingerprint density at radius 2 is 2.09 bits per heavy atom. The lowest BCUT2D eigenvalue weighted by atomic mass is 9.95. The zero-order valence-electron chi connectivity index (χ0n) is 17.5. The van der Waals surface area contributed by atoms with Gasteiger partial charge < -0.3 is 9.84 Å². The number of thiophene rings is 1. The van der Waals surface area contributed by atoms with Gasteiger partial charge in [0.15, 0.2) is 26.8 Å². The molecule has 8 nitrogen and oxygen atoms in total. The number of aromatic nitrogens is 1. The number of aliphatic hydroxyl groups excluding tert-OH is 1. The molecular formula is C22H18N2O6S3. The van der Waals surface area contributed by atoms with Crippen LogP contribution in [0.3, 0.4) is 0 Å². The maximum absolute atomic E-state index is 13.3. The van der Waals surface area contributed by atoms with Crippen LogP contribution in [0.2, 0.25) is 0 Å². The summed E-state index contributed by atoms with van der Waals surface area (Å²) >= 11 is 2.52. The summed E-state index contributed by atoms with van der Waals surface area (Å²) in [5.74, 6) is -1.19. The largest absolute Gasteiger partial charge is 0.503 e. The van der Waals surface area contributed by atoms with E-state index in [-0.39, 0.29) is 15.6 Å². The maximum atomic E-state index is 13.3. The van der Waals surface area contributed by atoms with Crippen LogP contribution in [0.1, 0.15) is 24.9 Å². The van der Waals surface area contributed by atoms with Gasteiger partial charge in [-0.2, -0.15) is 11.3 Å². The number of ether oxygens (including phenoxy) is 1. The van der Waals surface area contributed by atoms with E-state index < -0.39 is 39.4 Å². The van der Waals surface area contributed by atoms with Gasteiger partial charge in [0, 0.05) is 12.7 Å². The number of sulfone groups is 1. The van der Waals surface area contributed by atoms with Crippen LogP contribution in [0.25, 0.3) is 10.2 Å². The summed E-state index contributed by atoms with van der Waals surface area (Å²) in [5.41, 5.74) is 1.15. The molecule has 2 unspecified atom stereocenters. The molecule has 0 spiro atoms. The Morgan fingerprint density at radius 3 is 2.73 bits per heavy atom. The lowest BCUT2D eigenvalue weighted by molar-refractivity contribution is -0.124. The summed E-state index contributed by atoms with van der Waals surface area (Å²) < 4.78 is 30.0. The number of carbonyl (C=O) groups is 2. The van der Waals surface area contributed by atoms with Gasteiger partial charge in [-0.15, -0.1) is 0 Å². The van der Waals surface area contributed by atoms with Gasteiger partial charge in [-0.1, -0.05) is 11.3 Å². The van der Waals surface area contributed by atoms with Crippen molar-refractivity contribution >= 4 is 59.5 Å². The fourth-order valence-corrected chi connectivity index (χ4v) is 6.39. The number of hydrogen-bond acceptors (Lipinski definition) is 9. The Hall–Kier alpha value is -3.02. The monoisotopic (exact) mass is 502 g/mol. The number of Topliss-reactive ketones (excluding diaryl/α,β-unsaturated/α-hetero) is 1. The summed E-state index contributed by atoms with van der Waals surface area (Å²) in [6.45, 7) is 1.75. The molecule has 0 fully saturated rings. The van der Waals surface area contributed by atoms with Crippen LogP contribution in [0, 0.1) is 0 Å². The Kier molecular flexibility index (Phi) is 5.15. The molecule has 0 radical (unpaired) electrons. The molecule has 0 saturated carbocycles. The molecule has 0 saturated heterocycles. The van der Waals surface area contributed by atoms with E-state index in [1.165, 1.54) is 28.4 Å². The van der Waals surface area contributed by atoms with Gasteiger partial charge in [0.25, 0.3) is 5.91 Å². The first-order valence-corrected chi connectivity index (χ1v) is 13.6. The van der Waals surface area contributed by atoms with Gasteiger partial charge in [-0.3, -0.25) is 14.5 Å². The number of nitrogens with zero attached hydrogens (tertiary/aromatic N) is 2. The first-order valence-electron chi connectivity index (χ1n) is 9.92. The molecule has 2 aliphatic rings. The highest BCUT2D eigenvalue weighted by Gasteiger charge is 2.48. The number of rotatable bonds is 5. The van der Waals surface area contributed by atoms with Crippen molar-refractivity contribution in [3.8, 4) is 0 Å². The normalized spacial score (nSPS) is 21.1. The first kappa shape index (κ1) is 21.8. The van der Waals surface area contributed by atoms with Crippen molar-refractivity contribution in [2.75, 3.05) is 11.2 Å². The zero-order valence-corrected chi connectivity index (χ0v) is 20.0. The summed E-state index contributed by atoms with van der Waals surface area (Å²) in [6, 6.07) is 5.46. The lowest BCUT2D eigenvalue weighted by Gasteiger charge is -2.24. The summed E-state index contributed by atoms with van der Waals surface area (Å²) in [7, 11) is -3.42. The van der Waals surface area contributed by atoms with Gasteiger partial charge in [0.05, 0.1) is 32.5 Å². The predicted molar refractivity (Wildman–Crippen MR) is 125 cm³/mol. The molecule has 2 aliphatic heterocycles. The Morgan fingerprint density at radius 1 is 1.30 bits per heavy atom. The van der Waals surface area contributed by atoms with E-state index in [0.717, 1.165) is 17.6 Å². The number of benzene rings is 1. The molecular weight excluding hydrogens is 484 g/mol. The van der Waals surface area contributed by atoms with Crippen molar-refractivity contribution in [1.82, 2.24) is 4.98 Å². The third-order valence-corrected chi connectivity index (χ3v) is 8.38. The summed E-state index contributed by atoms with van der Waals surface area (Å²) in [6.07, 6.45) is 2.47. The van der Waals surface area contributed by atoms with Crippen LogP contribution < -0.4 is 4.90 Å². The Labute approximate surface area is 197 Å². The van der Waals surface area contributed by atoms with E-state index in [9.17, 15) is 23.1 Å². The minimum atomic E-state index is -3.42. The van der Waals surface area contributed by atoms with Crippen LogP contribution in [-0.2, 0) is 24.2 Å². The van der Waals surface area contributed by atoms with Gasteiger partial charge in [-0.05, 0) is 53.6 Å². The average Bonchev–Trinajstić information content (AvgIpc) is 3.53. The van der Waals surface area contributed by atoms with Gasteiger partial charge in [0.1, 0.15) is 0 Å². The molecule has 4 heterocycles. The van der Waals surface area contributed by atoms with Crippen LogP contribution >= 0.6 is 22.7 Å². The quantitative estimate of drug-likeness (QED) is 0.562. The van der Waals surface area contributed by atoms with E-state index in [2.05, 4.69) is 4.98 Å². The summed E-state index contributed by atoms with van der Waals surface area (Å²) in [5, 5.41) is 14.7.